The third-order valence-corrected chi connectivity index (χ3v) is 2.50. The first-order chi connectivity index (χ1) is 5.30. The summed E-state index contributed by atoms with van der Waals surface area (Å²) in [5, 5.41) is 0. The van der Waals surface area contributed by atoms with Gasteiger partial charge in [-0.25, -0.2) is 0 Å². The minimum atomic E-state index is 0. The molecule has 0 aliphatic rings. The zero-order chi connectivity index (χ0) is 10.4. The van der Waals surface area contributed by atoms with Gasteiger partial charge >= 0.3 is 0 Å². The summed E-state index contributed by atoms with van der Waals surface area (Å²) in [6.07, 6.45) is 1.50. The molecule has 0 fully saturated rings. The van der Waals surface area contributed by atoms with E-state index in [0.717, 1.165) is 0 Å². The minimum Gasteiger partial charge on any atom is -0.542 e. The van der Waals surface area contributed by atoms with E-state index in [4.69, 9.17) is 4.79 Å². The summed E-state index contributed by atoms with van der Waals surface area (Å²) >= 11 is 0. The molecule has 0 heterocycles. The van der Waals surface area contributed by atoms with Crippen molar-refractivity contribution >= 4 is 6.29 Å². The maximum absolute atomic E-state index is 8.68. The van der Waals surface area contributed by atoms with E-state index in [1.165, 1.54) is 25.0 Å². The summed E-state index contributed by atoms with van der Waals surface area (Å²) in [5.74, 6) is 2.98. The third kappa shape index (κ3) is 15.9. The van der Waals surface area contributed by atoms with Crippen LogP contribution in [-0.4, -0.2) is 6.29 Å². The zero-order valence-corrected chi connectivity index (χ0v) is 17.2. The molecule has 0 amide bonds. The molecule has 0 atom stereocenters. The second kappa shape index (κ2) is 15.9. The molecule has 0 aromatic carbocycles. The van der Waals surface area contributed by atoms with E-state index in [1.807, 2.05) is 0 Å². The number of carbonyl (C=O) groups excluding carboxylic acids is 1. The van der Waals surface area contributed by atoms with Crippen molar-refractivity contribution in [3.63, 3.8) is 0 Å². The third-order valence-electron chi connectivity index (χ3n) is 2.50. The van der Waals surface area contributed by atoms with E-state index in [2.05, 4.69) is 41.5 Å². The van der Waals surface area contributed by atoms with Gasteiger partial charge in [0.05, 0.1) is 0 Å². The quantitative estimate of drug-likeness (QED) is 0.683. The van der Waals surface area contributed by atoms with Gasteiger partial charge in [0.2, 0.25) is 0 Å². The van der Waals surface area contributed by atoms with Crippen molar-refractivity contribution < 1.29 is 70.2 Å². The van der Waals surface area contributed by atoms with Gasteiger partial charge in [0, 0.05) is 65.4 Å². The normalized spacial score (nSPS) is 8.87. The van der Waals surface area contributed by atoms with Crippen LogP contribution in [0.1, 0.15) is 48.5 Å². The minimum absolute atomic E-state index is 0. The molecular formula is C12H24OY2-4. The largest absolute Gasteiger partial charge is 0.542 e. The molecule has 0 aliphatic carbocycles. The van der Waals surface area contributed by atoms with Gasteiger partial charge < -0.3 is 24.1 Å². The monoisotopic (exact) mass is 362 g/mol. The fraction of sp³-hybridized carbons (Fsp3) is 0.667. The van der Waals surface area contributed by atoms with Crippen LogP contribution < -0.4 is 0 Å². The molecule has 0 rings (SSSR count). The molecule has 0 unspecified atom stereocenters. The molecule has 0 N–H and O–H groups in total. The predicted molar refractivity (Wildman–Crippen MR) is 60.7 cm³/mol. The average Bonchev–Trinajstić information content (AvgIpc) is 1.88. The Kier molecular flexibility index (Phi) is 31.9. The summed E-state index contributed by atoms with van der Waals surface area (Å²) < 4.78 is 0. The van der Waals surface area contributed by atoms with E-state index >= 15 is 0 Å². The van der Waals surface area contributed by atoms with Crippen molar-refractivity contribution in [1.29, 1.82) is 0 Å². The van der Waals surface area contributed by atoms with Gasteiger partial charge in [-0.15, -0.1) is 13.8 Å². The Balaban J connectivity index is -0.0000000500. The van der Waals surface area contributed by atoms with Crippen LogP contribution in [0.5, 0.6) is 0 Å². The van der Waals surface area contributed by atoms with E-state index in [1.54, 1.807) is 0 Å². The van der Waals surface area contributed by atoms with Crippen molar-refractivity contribution in [3.05, 3.63) is 19.3 Å². The van der Waals surface area contributed by atoms with Gasteiger partial charge in [-0.1, -0.05) is 0 Å². The zero-order valence-electron chi connectivity index (χ0n) is 11.6. The van der Waals surface area contributed by atoms with Crippen molar-refractivity contribution in [2.45, 2.75) is 48.5 Å². The topological polar surface area (TPSA) is 17.1 Å². The molecule has 1 nitrogen and oxygen atoms in total. The van der Waals surface area contributed by atoms with Crippen LogP contribution >= 0.6 is 0 Å². The van der Waals surface area contributed by atoms with Gasteiger partial charge in [-0.05, 0) is 0 Å². The Morgan fingerprint density at radius 2 is 1.07 bits per heavy atom. The summed E-state index contributed by atoms with van der Waals surface area (Å²) in [6, 6.07) is 0. The van der Waals surface area contributed by atoms with Crippen molar-refractivity contribution in [2.75, 3.05) is 0 Å². The molecule has 0 bridgehead atoms. The molecule has 0 aromatic rings. The standard InChI is InChI=1S/C9H18.C2H3O.CH3.2Y/c1-7(2)9(5,6)8(3)4;1-2-3;;;/h1-6H3;1H3;1H3;;/q-2;2*-1;;. The SMILES string of the molecule is C[C-](C)C(C)(C)[C-](C)C.C[C-]=O.[CH3-].[Y].[Y]. The van der Waals surface area contributed by atoms with Gasteiger partial charge in [0.25, 0.3) is 0 Å². The summed E-state index contributed by atoms with van der Waals surface area (Å²) in [7, 11) is 0. The second-order valence-corrected chi connectivity index (χ2v) is 3.83. The molecular weight excluding hydrogens is 338 g/mol. The fourth-order valence-corrected chi connectivity index (χ4v) is 0.500. The van der Waals surface area contributed by atoms with Gasteiger partial charge in [0.15, 0.2) is 0 Å². The van der Waals surface area contributed by atoms with Crippen LogP contribution in [0.2, 0.25) is 0 Å². The summed E-state index contributed by atoms with van der Waals surface area (Å²) in [4.78, 5) is 8.68. The van der Waals surface area contributed by atoms with Crippen LogP contribution in [0.25, 0.3) is 0 Å². The molecule has 0 aliphatic heterocycles. The smallest absolute Gasteiger partial charge is 0 e. The summed E-state index contributed by atoms with van der Waals surface area (Å²) in [5.41, 5.74) is 0.333. The molecule has 0 saturated heterocycles. The Labute approximate surface area is 148 Å². The van der Waals surface area contributed by atoms with Gasteiger partial charge in [-0.3, -0.25) is 11.7 Å². The van der Waals surface area contributed by atoms with Crippen LogP contribution in [-0.2, 0) is 70.2 Å². The van der Waals surface area contributed by atoms with Crippen LogP contribution in [0, 0.1) is 24.7 Å². The van der Waals surface area contributed by atoms with Crippen molar-refractivity contribution in [2.24, 2.45) is 5.41 Å². The second-order valence-electron chi connectivity index (χ2n) is 3.83. The average molecular weight is 362 g/mol. The maximum Gasteiger partial charge on any atom is 0 e. The molecule has 88 valence electrons. The Bertz CT molecular complexity index is 111. The van der Waals surface area contributed by atoms with Crippen molar-refractivity contribution in [3.8, 4) is 0 Å². The number of hydrogen-bond acceptors (Lipinski definition) is 1. The van der Waals surface area contributed by atoms with E-state index in [0.29, 0.717) is 5.41 Å². The van der Waals surface area contributed by atoms with Crippen LogP contribution in [0.4, 0.5) is 0 Å². The number of hydrogen-bond donors (Lipinski definition) is 0. The van der Waals surface area contributed by atoms with Crippen molar-refractivity contribution in [1.82, 2.24) is 0 Å². The first-order valence-electron chi connectivity index (χ1n) is 4.20. The first-order valence-corrected chi connectivity index (χ1v) is 4.20. The van der Waals surface area contributed by atoms with Gasteiger partial charge in [-0.2, -0.15) is 34.6 Å². The van der Waals surface area contributed by atoms with E-state index in [-0.39, 0.29) is 72.8 Å². The molecule has 2 radical (unpaired) electrons. The van der Waals surface area contributed by atoms with Crippen LogP contribution in [0.3, 0.4) is 0 Å². The van der Waals surface area contributed by atoms with Gasteiger partial charge in [0.1, 0.15) is 0 Å². The Morgan fingerprint density at radius 1 is 0.933 bits per heavy atom. The van der Waals surface area contributed by atoms with E-state index in [9.17, 15) is 0 Å². The molecule has 0 spiro atoms. The van der Waals surface area contributed by atoms with Crippen LogP contribution in [0.15, 0.2) is 0 Å². The Morgan fingerprint density at radius 3 is 1.07 bits per heavy atom. The Hall–Kier alpha value is 1.88. The molecule has 15 heavy (non-hydrogen) atoms. The first kappa shape index (κ1) is 30.2. The molecule has 0 aromatic heterocycles. The fourth-order valence-electron chi connectivity index (χ4n) is 0.500. The molecule has 3 heteroatoms. The summed E-state index contributed by atoms with van der Waals surface area (Å²) in [6.45, 7) is 14.6. The maximum atomic E-state index is 8.68. The number of rotatable bonds is 2. The van der Waals surface area contributed by atoms with E-state index < -0.39 is 0 Å². The predicted octanol–water partition coefficient (Wildman–Crippen LogP) is 3.80. The molecule has 0 saturated carbocycles.